The van der Waals surface area contributed by atoms with Gasteiger partial charge in [-0.3, -0.25) is 0 Å². The number of aromatic nitrogens is 1. The largest absolute Gasteiger partial charge is 0.497 e. The predicted molar refractivity (Wildman–Crippen MR) is 98.4 cm³/mol. The van der Waals surface area contributed by atoms with Gasteiger partial charge in [-0.05, 0) is 56.5 Å². The van der Waals surface area contributed by atoms with Crippen molar-refractivity contribution >= 4 is 5.97 Å². The third-order valence-corrected chi connectivity index (χ3v) is 5.13. The van der Waals surface area contributed by atoms with Crippen molar-refractivity contribution in [3.05, 3.63) is 35.6 Å². The maximum atomic E-state index is 11.9. The molecule has 6 nitrogen and oxygen atoms in total. The van der Waals surface area contributed by atoms with Gasteiger partial charge < -0.3 is 19.7 Å². The molecule has 3 rings (SSSR count). The average molecular weight is 358 g/mol. The highest BCUT2D eigenvalue weighted by atomic mass is 16.5. The van der Waals surface area contributed by atoms with E-state index in [9.17, 15) is 9.90 Å². The van der Waals surface area contributed by atoms with Crippen LogP contribution in [0.25, 0.3) is 11.3 Å². The second-order valence-corrected chi connectivity index (χ2v) is 6.94. The number of rotatable bonds is 7. The number of hydrogen-bond donors (Lipinski definition) is 2. The van der Waals surface area contributed by atoms with Gasteiger partial charge in [0.2, 0.25) is 0 Å². The number of nitrogens with zero attached hydrogens (tertiary/aromatic N) is 1. The highest BCUT2D eigenvalue weighted by Gasteiger charge is 2.27. The van der Waals surface area contributed by atoms with Crippen LogP contribution in [0.15, 0.2) is 28.8 Å². The Balaban J connectivity index is 1.78. The van der Waals surface area contributed by atoms with Gasteiger partial charge in [-0.1, -0.05) is 24.4 Å². The molecule has 2 aromatic rings. The van der Waals surface area contributed by atoms with E-state index in [2.05, 4.69) is 10.5 Å². The molecule has 26 heavy (non-hydrogen) atoms. The highest BCUT2D eigenvalue weighted by molar-refractivity contribution is 5.96. The Hall–Kier alpha value is -2.34. The van der Waals surface area contributed by atoms with E-state index >= 15 is 0 Å². The number of methoxy groups -OCH3 is 1. The molecule has 140 valence electrons. The van der Waals surface area contributed by atoms with E-state index in [1.54, 1.807) is 31.4 Å². The van der Waals surface area contributed by atoms with Crippen LogP contribution in [0, 0.1) is 5.92 Å². The zero-order chi connectivity index (χ0) is 18.5. The zero-order valence-corrected chi connectivity index (χ0v) is 15.3. The molecule has 0 saturated heterocycles. The summed E-state index contributed by atoms with van der Waals surface area (Å²) in [7, 11) is 1.59. The minimum absolute atomic E-state index is 0.124. The fourth-order valence-corrected chi connectivity index (χ4v) is 3.58. The minimum atomic E-state index is -1.03. The summed E-state index contributed by atoms with van der Waals surface area (Å²) in [4.78, 5) is 11.9. The molecule has 1 aliphatic carbocycles. The Labute approximate surface area is 153 Å². The van der Waals surface area contributed by atoms with Gasteiger partial charge in [0.05, 0.1) is 13.2 Å². The molecule has 1 fully saturated rings. The molecule has 0 aliphatic heterocycles. The summed E-state index contributed by atoms with van der Waals surface area (Å²) in [6.45, 7) is 2.80. The Morgan fingerprint density at radius 3 is 2.62 bits per heavy atom. The van der Waals surface area contributed by atoms with Crippen LogP contribution in [0.4, 0.5) is 0 Å². The van der Waals surface area contributed by atoms with E-state index < -0.39 is 5.97 Å². The molecule has 1 aromatic heterocycles. The van der Waals surface area contributed by atoms with Crippen molar-refractivity contribution < 1.29 is 19.2 Å². The van der Waals surface area contributed by atoms with Crippen LogP contribution in [0.1, 0.15) is 61.2 Å². The third-order valence-electron chi connectivity index (χ3n) is 5.13. The predicted octanol–water partition coefficient (Wildman–Crippen LogP) is 4.28. The molecule has 6 heteroatoms. The molecular formula is C20H26N2O4. The molecule has 1 atom stereocenters. The zero-order valence-electron chi connectivity index (χ0n) is 15.3. The summed E-state index contributed by atoms with van der Waals surface area (Å²) in [6.07, 6.45) is 6.36. The molecule has 1 heterocycles. The Bertz CT molecular complexity index is 733. The topological polar surface area (TPSA) is 84.6 Å². The van der Waals surface area contributed by atoms with Crippen LogP contribution in [0.5, 0.6) is 5.75 Å². The van der Waals surface area contributed by atoms with Crippen molar-refractivity contribution in [3.8, 4) is 17.0 Å². The van der Waals surface area contributed by atoms with Gasteiger partial charge in [-0.25, -0.2) is 4.79 Å². The second-order valence-electron chi connectivity index (χ2n) is 6.94. The SMILES string of the molecule is COc1ccc(-c2noc(C(C)NCC3CCCCC3)c2C(=O)O)cc1. The lowest BCUT2D eigenvalue weighted by atomic mass is 9.89. The van der Waals surface area contributed by atoms with E-state index in [-0.39, 0.29) is 11.6 Å². The van der Waals surface area contributed by atoms with Gasteiger partial charge in [-0.15, -0.1) is 0 Å². The van der Waals surface area contributed by atoms with Crippen molar-refractivity contribution in [1.82, 2.24) is 10.5 Å². The lowest BCUT2D eigenvalue weighted by Crippen LogP contribution is -2.27. The van der Waals surface area contributed by atoms with Crippen molar-refractivity contribution in [2.75, 3.05) is 13.7 Å². The molecule has 1 unspecified atom stereocenters. The highest BCUT2D eigenvalue weighted by Crippen LogP contribution is 2.31. The van der Waals surface area contributed by atoms with E-state index in [0.29, 0.717) is 28.7 Å². The number of carboxylic acid groups (broad SMARTS) is 1. The Kier molecular flexibility index (Phi) is 5.93. The number of carboxylic acids is 1. The normalized spacial score (nSPS) is 16.4. The lowest BCUT2D eigenvalue weighted by molar-refractivity contribution is 0.0694. The maximum Gasteiger partial charge on any atom is 0.341 e. The van der Waals surface area contributed by atoms with Crippen LogP contribution in [0.3, 0.4) is 0 Å². The molecule has 0 radical (unpaired) electrons. The van der Waals surface area contributed by atoms with Gasteiger partial charge in [-0.2, -0.15) is 0 Å². The molecule has 1 aliphatic rings. The minimum Gasteiger partial charge on any atom is -0.497 e. The third kappa shape index (κ3) is 4.07. The fourth-order valence-electron chi connectivity index (χ4n) is 3.58. The van der Waals surface area contributed by atoms with Gasteiger partial charge in [0, 0.05) is 5.56 Å². The van der Waals surface area contributed by atoms with Gasteiger partial charge in [0.15, 0.2) is 5.76 Å². The summed E-state index contributed by atoms with van der Waals surface area (Å²) in [5.74, 6) is 0.706. The van der Waals surface area contributed by atoms with Crippen LogP contribution in [0.2, 0.25) is 0 Å². The van der Waals surface area contributed by atoms with Crippen molar-refractivity contribution in [2.45, 2.75) is 45.1 Å². The monoisotopic (exact) mass is 358 g/mol. The second kappa shape index (κ2) is 8.36. The molecule has 0 bridgehead atoms. The van der Waals surface area contributed by atoms with E-state index in [1.165, 1.54) is 32.1 Å². The molecule has 1 saturated carbocycles. The first-order valence-corrected chi connectivity index (χ1v) is 9.20. The standard InChI is InChI=1S/C20H26N2O4/c1-13(21-12-14-6-4-3-5-7-14)19-17(20(23)24)18(22-26-19)15-8-10-16(25-2)11-9-15/h8-11,13-14,21H,3-7,12H2,1-2H3,(H,23,24). The maximum absolute atomic E-state index is 11.9. The van der Waals surface area contributed by atoms with Crippen LogP contribution < -0.4 is 10.1 Å². The van der Waals surface area contributed by atoms with E-state index in [0.717, 1.165) is 6.54 Å². The summed E-state index contributed by atoms with van der Waals surface area (Å²) in [5.41, 5.74) is 1.16. The number of ether oxygens (including phenoxy) is 1. The van der Waals surface area contributed by atoms with Gasteiger partial charge in [0.1, 0.15) is 17.0 Å². The fraction of sp³-hybridized carbons (Fsp3) is 0.500. The first-order chi connectivity index (χ1) is 12.6. The quantitative estimate of drug-likeness (QED) is 0.768. The van der Waals surface area contributed by atoms with E-state index in [1.807, 2.05) is 6.92 Å². The average Bonchev–Trinajstić information content (AvgIpc) is 3.12. The van der Waals surface area contributed by atoms with E-state index in [4.69, 9.17) is 9.26 Å². The Morgan fingerprint density at radius 1 is 1.31 bits per heavy atom. The van der Waals surface area contributed by atoms with Crippen LogP contribution >= 0.6 is 0 Å². The Morgan fingerprint density at radius 2 is 2.00 bits per heavy atom. The number of nitrogens with one attached hydrogen (secondary N) is 1. The molecule has 0 amide bonds. The van der Waals surface area contributed by atoms with Crippen LogP contribution in [-0.4, -0.2) is 29.9 Å². The molecular weight excluding hydrogens is 332 g/mol. The first kappa shape index (κ1) is 18.5. The smallest absolute Gasteiger partial charge is 0.341 e. The number of hydrogen-bond acceptors (Lipinski definition) is 5. The number of benzene rings is 1. The summed E-state index contributed by atoms with van der Waals surface area (Å²) in [6, 6.07) is 6.92. The van der Waals surface area contributed by atoms with Crippen LogP contribution in [-0.2, 0) is 0 Å². The lowest BCUT2D eigenvalue weighted by Gasteiger charge is -2.23. The molecule has 2 N–H and O–H groups in total. The van der Waals surface area contributed by atoms with Gasteiger partial charge in [0.25, 0.3) is 0 Å². The molecule has 0 spiro atoms. The van der Waals surface area contributed by atoms with Crippen molar-refractivity contribution in [3.63, 3.8) is 0 Å². The number of carbonyl (C=O) groups is 1. The molecule has 1 aromatic carbocycles. The summed E-state index contributed by atoms with van der Waals surface area (Å²) >= 11 is 0. The van der Waals surface area contributed by atoms with Crippen molar-refractivity contribution in [2.24, 2.45) is 5.92 Å². The summed E-state index contributed by atoms with van der Waals surface area (Å²) in [5, 5.41) is 17.2. The number of aromatic carboxylic acids is 1. The first-order valence-electron chi connectivity index (χ1n) is 9.20. The van der Waals surface area contributed by atoms with Crippen molar-refractivity contribution in [1.29, 1.82) is 0 Å². The van der Waals surface area contributed by atoms with Gasteiger partial charge >= 0.3 is 5.97 Å². The summed E-state index contributed by atoms with van der Waals surface area (Å²) < 4.78 is 10.6.